The van der Waals surface area contributed by atoms with Gasteiger partial charge in [0, 0.05) is 45.1 Å². The van der Waals surface area contributed by atoms with E-state index < -0.39 is 7.60 Å². The van der Waals surface area contributed by atoms with Gasteiger partial charge in [-0.2, -0.15) is 0 Å². The van der Waals surface area contributed by atoms with Gasteiger partial charge in [0.15, 0.2) is 0 Å². The Bertz CT molecular complexity index is 1970. The Hall–Kier alpha value is -4.55. The summed E-state index contributed by atoms with van der Waals surface area (Å²) in [4.78, 5) is 39.0. The standard InChI is InChI=1S/C30H19N4O3P/c35-38(36,37)24-16-22(25-11-9-20-7-5-18-3-1-13-31-27(18)29(20)33-25)15-23(17-24)26-12-10-21-8-6-19-4-2-14-32-28(19)30(21)34-26/h1-17H,(H2,35,36,37). The lowest BCUT2D eigenvalue weighted by molar-refractivity contribution is 0.387. The van der Waals surface area contributed by atoms with Crippen molar-refractivity contribution in [3.05, 3.63) is 103 Å². The summed E-state index contributed by atoms with van der Waals surface area (Å²) in [7, 11) is -4.57. The SMILES string of the molecule is O=P(O)(O)c1cc(-c2ccc3ccc4cccnc4c3n2)cc(-c2ccc3ccc4cccnc4c3n2)c1. The predicted molar refractivity (Wildman–Crippen MR) is 150 cm³/mol. The molecule has 0 atom stereocenters. The summed E-state index contributed by atoms with van der Waals surface area (Å²) in [5.74, 6) is 0. The maximum atomic E-state index is 12.4. The molecule has 0 fully saturated rings. The zero-order valence-corrected chi connectivity index (χ0v) is 20.7. The molecule has 3 aromatic carbocycles. The fraction of sp³-hybridized carbons (Fsp3) is 0. The Kier molecular flexibility index (Phi) is 5.06. The minimum absolute atomic E-state index is 0.0964. The first-order chi connectivity index (χ1) is 18.4. The highest BCUT2D eigenvalue weighted by Crippen LogP contribution is 2.37. The number of fused-ring (bicyclic) bond motifs is 6. The third kappa shape index (κ3) is 3.81. The van der Waals surface area contributed by atoms with Gasteiger partial charge in [-0.1, -0.05) is 48.5 Å². The monoisotopic (exact) mass is 514 g/mol. The predicted octanol–water partition coefficient (Wildman–Crippen LogP) is 6.02. The number of aromatic nitrogens is 4. The number of nitrogens with zero attached hydrogens (tertiary/aromatic N) is 4. The molecule has 7 rings (SSSR count). The second-order valence-electron chi connectivity index (χ2n) is 9.13. The van der Waals surface area contributed by atoms with Crippen molar-refractivity contribution in [3.63, 3.8) is 0 Å². The lowest BCUT2D eigenvalue weighted by atomic mass is 10.0. The van der Waals surface area contributed by atoms with Gasteiger partial charge in [0.05, 0.1) is 38.8 Å². The summed E-state index contributed by atoms with van der Waals surface area (Å²) < 4.78 is 12.4. The Morgan fingerprint density at radius 2 is 0.947 bits per heavy atom. The van der Waals surface area contributed by atoms with Crippen LogP contribution in [0.15, 0.2) is 103 Å². The van der Waals surface area contributed by atoms with E-state index in [1.54, 1.807) is 12.4 Å². The van der Waals surface area contributed by atoms with Gasteiger partial charge < -0.3 is 9.79 Å². The smallest absolute Gasteiger partial charge is 0.321 e. The Labute approximate surface area is 216 Å². The summed E-state index contributed by atoms with van der Waals surface area (Å²) in [6.07, 6.45) is 3.46. The summed E-state index contributed by atoms with van der Waals surface area (Å²) in [5.41, 5.74) is 5.32. The highest BCUT2D eigenvalue weighted by atomic mass is 31.2. The van der Waals surface area contributed by atoms with E-state index in [4.69, 9.17) is 9.97 Å². The molecule has 0 amide bonds. The normalized spacial score (nSPS) is 12.1. The van der Waals surface area contributed by atoms with E-state index in [0.29, 0.717) is 22.5 Å². The molecule has 182 valence electrons. The second-order valence-corrected chi connectivity index (χ2v) is 10.7. The van der Waals surface area contributed by atoms with Gasteiger partial charge >= 0.3 is 7.60 Å². The van der Waals surface area contributed by atoms with Gasteiger partial charge in [-0.3, -0.25) is 14.5 Å². The van der Waals surface area contributed by atoms with Gasteiger partial charge in [-0.15, -0.1) is 0 Å². The molecule has 38 heavy (non-hydrogen) atoms. The zero-order valence-electron chi connectivity index (χ0n) is 19.9. The van der Waals surface area contributed by atoms with Gasteiger partial charge in [-0.25, -0.2) is 9.97 Å². The summed E-state index contributed by atoms with van der Waals surface area (Å²) in [6, 6.07) is 28.1. The zero-order chi connectivity index (χ0) is 25.9. The molecule has 8 heteroatoms. The molecule has 0 unspecified atom stereocenters. The molecule has 0 saturated carbocycles. The van der Waals surface area contributed by atoms with Crippen molar-refractivity contribution in [1.82, 2.24) is 19.9 Å². The van der Waals surface area contributed by atoms with Crippen LogP contribution in [0.1, 0.15) is 0 Å². The number of pyridine rings is 4. The summed E-state index contributed by atoms with van der Waals surface area (Å²) >= 11 is 0. The number of rotatable bonds is 3. The van der Waals surface area contributed by atoms with Gasteiger partial charge in [0.2, 0.25) is 0 Å². The average molecular weight is 514 g/mol. The number of hydrogen-bond acceptors (Lipinski definition) is 5. The highest BCUT2D eigenvalue weighted by molar-refractivity contribution is 7.60. The molecule has 0 aliphatic rings. The van der Waals surface area contributed by atoms with Crippen molar-refractivity contribution < 1.29 is 14.4 Å². The Morgan fingerprint density at radius 1 is 0.526 bits per heavy atom. The van der Waals surface area contributed by atoms with E-state index >= 15 is 0 Å². The van der Waals surface area contributed by atoms with Crippen LogP contribution in [0.5, 0.6) is 0 Å². The Balaban J connectivity index is 1.46. The van der Waals surface area contributed by atoms with Crippen molar-refractivity contribution >= 4 is 56.5 Å². The third-order valence-corrected chi connectivity index (χ3v) is 7.64. The molecule has 4 heterocycles. The van der Waals surface area contributed by atoms with Gasteiger partial charge in [0.1, 0.15) is 0 Å². The van der Waals surface area contributed by atoms with Crippen LogP contribution < -0.4 is 5.30 Å². The maximum absolute atomic E-state index is 12.4. The molecule has 7 nitrogen and oxygen atoms in total. The van der Waals surface area contributed by atoms with E-state index in [2.05, 4.69) is 9.97 Å². The molecule has 0 saturated heterocycles. The van der Waals surface area contributed by atoms with Crippen molar-refractivity contribution in [2.75, 3.05) is 0 Å². The first-order valence-corrected chi connectivity index (χ1v) is 13.6. The van der Waals surface area contributed by atoms with Crippen molar-refractivity contribution in [2.45, 2.75) is 0 Å². The van der Waals surface area contributed by atoms with Crippen LogP contribution in [-0.4, -0.2) is 29.7 Å². The van der Waals surface area contributed by atoms with Gasteiger partial charge in [-0.05, 0) is 42.5 Å². The van der Waals surface area contributed by atoms with E-state index in [-0.39, 0.29) is 5.30 Å². The summed E-state index contributed by atoms with van der Waals surface area (Å²) in [5, 5.41) is 3.70. The van der Waals surface area contributed by atoms with Crippen LogP contribution in [0.3, 0.4) is 0 Å². The first-order valence-electron chi connectivity index (χ1n) is 11.9. The van der Waals surface area contributed by atoms with Crippen LogP contribution in [0.2, 0.25) is 0 Å². The molecule has 0 bridgehead atoms. The largest absolute Gasteiger partial charge is 0.356 e. The first kappa shape index (κ1) is 22.6. The maximum Gasteiger partial charge on any atom is 0.356 e. The number of benzene rings is 3. The van der Waals surface area contributed by atoms with Gasteiger partial charge in [0.25, 0.3) is 0 Å². The van der Waals surface area contributed by atoms with E-state index in [0.717, 1.165) is 43.6 Å². The molecule has 2 N–H and O–H groups in total. The lowest BCUT2D eigenvalue weighted by Gasteiger charge is -2.12. The molecule has 7 aromatic rings. The molecule has 4 aromatic heterocycles. The van der Waals surface area contributed by atoms with E-state index in [1.165, 1.54) is 12.1 Å². The Morgan fingerprint density at radius 3 is 1.39 bits per heavy atom. The van der Waals surface area contributed by atoms with E-state index in [9.17, 15) is 14.4 Å². The van der Waals surface area contributed by atoms with Crippen LogP contribution in [0.25, 0.3) is 66.1 Å². The topological polar surface area (TPSA) is 109 Å². The molecule has 0 radical (unpaired) electrons. The fourth-order valence-electron chi connectivity index (χ4n) is 4.84. The van der Waals surface area contributed by atoms with Crippen LogP contribution in [0, 0.1) is 0 Å². The quantitative estimate of drug-likeness (QED) is 0.219. The van der Waals surface area contributed by atoms with Crippen LogP contribution in [0.4, 0.5) is 0 Å². The fourth-order valence-corrected chi connectivity index (χ4v) is 5.46. The van der Waals surface area contributed by atoms with E-state index in [1.807, 2.05) is 78.9 Å². The van der Waals surface area contributed by atoms with Crippen LogP contribution >= 0.6 is 7.60 Å². The molecule has 0 aliphatic heterocycles. The molecular formula is C30H19N4O3P. The third-order valence-electron chi connectivity index (χ3n) is 6.71. The minimum Gasteiger partial charge on any atom is -0.321 e. The second kappa shape index (κ2) is 8.50. The van der Waals surface area contributed by atoms with Crippen molar-refractivity contribution in [2.24, 2.45) is 0 Å². The number of hydrogen-bond donors (Lipinski definition) is 2. The molecule has 0 aliphatic carbocycles. The van der Waals surface area contributed by atoms with Crippen molar-refractivity contribution in [3.8, 4) is 22.5 Å². The highest BCUT2D eigenvalue weighted by Gasteiger charge is 2.21. The minimum atomic E-state index is -4.57. The molecule has 0 spiro atoms. The van der Waals surface area contributed by atoms with Crippen LogP contribution in [-0.2, 0) is 4.57 Å². The van der Waals surface area contributed by atoms with Crippen molar-refractivity contribution in [1.29, 1.82) is 0 Å². The lowest BCUT2D eigenvalue weighted by Crippen LogP contribution is -2.06. The molecular weight excluding hydrogens is 495 g/mol. The average Bonchev–Trinajstić information content (AvgIpc) is 2.95. The summed E-state index contributed by atoms with van der Waals surface area (Å²) in [6.45, 7) is 0.